The standard InChI is InChI=1S/C19H27ClN2O5/c1-25-13-14-26-15-19(24)22-10-8-21(9-11-22)18(23)7-4-12-27-17-6-3-2-5-16(17)20/h2-3,5-6H,4,7-15H2,1H3. The average molecular weight is 399 g/mol. The fourth-order valence-corrected chi connectivity index (χ4v) is 2.91. The summed E-state index contributed by atoms with van der Waals surface area (Å²) in [6.45, 7) is 3.53. The van der Waals surface area contributed by atoms with Crippen LogP contribution in [0, 0.1) is 0 Å². The molecule has 27 heavy (non-hydrogen) atoms. The summed E-state index contributed by atoms with van der Waals surface area (Å²) in [4.78, 5) is 27.9. The van der Waals surface area contributed by atoms with E-state index in [1.165, 1.54) is 0 Å². The van der Waals surface area contributed by atoms with E-state index < -0.39 is 0 Å². The lowest BCUT2D eigenvalue weighted by Gasteiger charge is -2.34. The van der Waals surface area contributed by atoms with Crippen molar-refractivity contribution < 1.29 is 23.8 Å². The van der Waals surface area contributed by atoms with E-state index in [0.717, 1.165) is 0 Å². The summed E-state index contributed by atoms with van der Waals surface area (Å²) in [5.74, 6) is 0.666. The van der Waals surface area contributed by atoms with Crippen LogP contribution < -0.4 is 4.74 Å². The van der Waals surface area contributed by atoms with Crippen LogP contribution in [-0.2, 0) is 19.1 Å². The van der Waals surface area contributed by atoms with E-state index in [1.807, 2.05) is 12.1 Å². The van der Waals surface area contributed by atoms with E-state index in [0.29, 0.717) is 69.6 Å². The minimum Gasteiger partial charge on any atom is -0.492 e. The van der Waals surface area contributed by atoms with Crippen LogP contribution in [0.5, 0.6) is 5.75 Å². The quantitative estimate of drug-likeness (QED) is 0.562. The van der Waals surface area contributed by atoms with Gasteiger partial charge in [-0.2, -0.15) is 0 Å². The molecular weight excluding hydrogens is 372 g/mol. The molecule has 0 unspecified atom stereocenters. The minimum absolute atomic E-state index is 0.0497. The summed E-state index contributed by atoms with van der Waals surface area (Å²) in [6, 6.07) is 7.27. The first-order chi connectivity index (χ1) is 13.1. The van der Waals surface area contributed by atoms with Crippen molar-refractivity contribution in [2.75, 3.05) is 59.7 Å². The van der Waals surface area contributed by atoms with Crippen molar-refractivity contribution in [1.29, 1.82) is 0 Å². The largest absolute Gasteiger partial charge is 0.492 e. The van der Waals surface area contributed by atoms with Gasteiger partial charge in [-0.1, -0.05) is 23.7 Å². The van der Waals surface area contributed by atoms with Gasteiger partial charge in [0.1, 0.15) is 12.4 Å². The first-order valence-electron chi connectivity index (χ1n) is 9.11. The summed E-state index contributed by atoms with van der Waals surface area (Å²) in [5.41, 5.74) is 0. The molecule has 8 heteroatoms. The van der Waals surface area contributed by atoms with Gasteiger partial charge in [-0.05, 0) is 18.6 Å². The number of ether oxygens (including phenoxy) is 3. The predicted molar refractivity (Wildman–Crippen MR) is 102 cm³/mol. The van der Waals surface area contributed by atoms with E-state index in [9.17, 15) is 9.59 Å². The highest BCUT2D eigenvalue weighted by Gasteiger charge is 2.23. The number of piperazine rings is 1. The smallest absolute Gasteiger partial charge is 0.248 e. The van der Waals surface area contributed by atoms with E-state index >= 15 is 0 Å². The van der Waals surface area contributed by atoms with Crippen molar-refractivity contribution >= 4 is 23.4 Å². The van der Waals surface area contributed by atoms with E-state index in [4.69, 9.17) is 25.8 Å². The number of benzene rings is 1. The number of rotatable bonds is 10. The highest BCUT2D eigenvalue weighted by Crippen LogP contribution is 2.23. The number of nitrogens with zero attached hydrogens (tertiary/aromatic N) is 2. The maximum atomic E-state index is 12.3. The Hall–Kier alpha value is -1.83. The van der Waals surface area contributed by atoms with E-state index in [2.05, 4.69) is 0 Å². The monoisotopic (exact) mass is 398 g/mol. The van der Waals surface area contributed by atoms with Gasteiger partial charge >= 0.3 is 0 Å². The van der Waals surface area contributed by atoms with Crippen LogP contribution in [0.4, 0.5) is 0 Å². The Labute approximate surface area is 165 Å². The molecule has 0 atom stereocenters. The van der Waals surface area contributed by atoms with Gasteiger partial charge in [0.2, 0.25) is 11.8 Å². The second-order valence-electron chi connectivity index (χ2n) is 6.19. The van der Waals surface area contributed by atoms with Gasteiger partial charge in [-0.25, -0.2) is 0 Å². The normalized spacial score (nSPS) is 14.3. The Balaban J connectivity index is 1.60. The fraction of sp³-hybridized carbons (Fsp3) is 0.579. The third-order valence-electron chi connectivity index (χ3n) is 4.27. The van der Waals surface area contributed by atoms with Crippen molar-refractivity contribution in [2.24, 2.45) is 0 Å². The molecule has 0 spiro atoms. The molecule has 1 aliphatic rings. The Morgan fingerprint density at radius 2 is 1.67 bits per heavy atom. The molecule has 1 aromatic carbocycles. The van der Waals surface area contributed by atoms with Crippen molar-refractivity contribution in [3.63, 3.8) is 0 Å². The second-order valence-corrected chi connectivity index (χ2v) is 6.60. The molecule has 7 nitrogen and oxygen atoms in total. The molecule has 2 rings (SSSR count). The molecule has 150 valence electrons. The molecule has 0 aromatic heterocycles. The SMILES string of the molecule is COCCOCC(=O)N1CCN(C(=O)CCCOc2ccccc2Cl)CC1. The molecule has 0 bridgehead atoms. The zero-order valence-electron chi connectivity index (χ0n) is 15.7. The molecule has 0 aliphatic carbocycles. The highest BCUT2D eigenvalue weighted by molar-refractivity contribution is 6.32. The van der Waals surface area contributed by atoms with Gasteiger partial charge in [0.05, 0.1) is 24.8 Å². The molecule has 1 fully saturated rings. The van der Waals surface area contributed by atoms with Crippen LogP contribution in [0.25, 0.3) is 0 Å². The van der Waals surface area contributed by atoms with E-state index in [-0.39, 0.29) is 18.4 Å². The summed E-state index contributed by atoms with van der Waals surface area (Å²) >= 11 is 6.03. The molecule has 0 N–H and O–H groups in total. The number of carbonyl (C=O) groups excluding carboxylic acids is 2. The third kappa shape index (κ3) is 7.36. The van der Waals surface area contributed by atoms with Gasteiger partial charge in [0.25, 0.3) is 0 Å². The molecule has 1 aromatic rings. The van der Waals surface area contributed by atoms with Crippen molar-refractivity contribution in [1.82, 2.24) is 9.80 Å². The zero-order chi connectivity index (χ0) is 19.5. The van der Waals surface area contributed by atoms with E-state index in [1.54, 1.807) is 29.0 Å². The summed E-state index contributed by atoms with van der Waals surface area (Å²) in [7, 11) is 1.59. The summed E-state index contributed by atoms with van der Waals surface area (Å²) in [6.07, 6.45) is 1.04. The van der Waals surface area contributed by atoms with Crippen LogP contribution in [0.1, 0.15) is 12.8 Å². The number of halogens is 1. The van der Waals surface area contributed by atoms with Gasteiger partial charge < -0.3 is 24.0 Å². The topological polar surface area (TPSA) is 68.3 Å². The summed E-state index contributed by atoms with van der Waals surface area (Å²) in [5, 5.41) is 0.566. The maximum absolute atomic E-state index is 12.3. The maximum Gasteiger partial charge on any atom is 0.248 e. The molecule has 2 amide bonds. The lowest BCUT2D eigenvalue weighted by atomic mass is 10.2. The number of carbonyl (C=O) groups is 2. The number of hydrogen-bond acceptors (Lipinski definition) is 5. The van der Waals surface area contributed by atoms with Crippen LogP contribution in [0.2, 0.25) is 5.02 Å². The number of hydrogen-bond donors (Lipinski definition) is 0. The van der Waals surface area contributed by atoms with Gasteiger partial charge in [-0.3, -0.25) is 9.59 Å². The minimum atomic E-state index is -0.0497. The lowest BCUT2D eigenvalue weighted by molar-refractivity contribution is -0.142. The van der Waals surface area contributed by atoms with Crippen molar-refractivity contribution in [2.45, 2.75) is 12.8 Å². The van der Waals surface area contributed by atoms with Crippen LogP contribution >= 0.6 is 11.6 Å². The Kier molecular flexibility index (Phi) is 9.38. The molecule has 1 aliphatic heterocycles. The van der Waals surface area contributed by atoms with Gasteiger partial charge in [-0.15, -0.1) is 0 Å². The Morgan fingerprint density at radius 1 is 1.00 bits per heavy atom. The lowest BCUT2D eigenvalue weighted by Crippen LogP contribution is -2.51. The molecule has 0 radical (unpaired) electrons. The first kappa shape index (κ1) is 21.5. The van der Waals surface area contributed by atoms with Crippen LogP contribution in [0.3, 0.4) is 0 Å². The van der Waals surface area contributed by atoms with Gasteiger partial charge in [0.15, 0.2) is 0 Å². The first-order valence-corrected chi connectivity index (χ1v) is 9.49. The molecule has 1 heterocycles. The van der Waals surface area contributed by atoms with Crippen molar-refractivity contribution in [3.8, 4) is 5.75 Å². The van der Waals surface area contributed by atoms with Gasteiger partial charge in [0, 0.05) is 39.7 Å². The Morgan fingerprint density at radius 3 is 2.33 bits per heavy atom. The Bertz CT molecular complexity index is 606. The third-order valence-corrected chi connectivity index (χ3v) is 4.58. The number of amides is 2. The summed E-state index contributed by atoms with van der Waals surface area (Å²) < 4.78 is 15.7. The zero-order valence-corrected chi connectivity index (χ0v) is 16.5. The number of para-hydroxylation sites is 1. The van der Waals surface area contributed by atoms with Crippen molar-refractivity contribution in [3.05, 3.63) is 29.3 Å². The predicted octanol–water partition coefficient (Wildman–Crippen LogP) is 1.83. The average Bonchev–Trinajstić information content (AvgIpc) is 2.69. The molecule has 1 saturated heterocycles. The van der Waals surface area contributed by atoms with Crippen LogP contribution in [0.15, 0.2) is 24.3 Å². The fourth-order valence-electron chi connectivity index (χ4n) is 2.72. The molecule has 0 saturated carbocycles. The van der Waals surface area contributed by atoms with Crippen LogP contribution in [-0.4, -0.2) is 81.3 Å². The highest BCUT2D eigenvalue weighted by atomic mass is 35.5. The second kappa shape index (κ2) is 11.8. The molecular formula is C19H27ClN2O5. The number of methoxy groups -OCH3 is 1.